The van der Waals surface area contributed by atoms with E-state index in [1.165, 1.54) is 23.1 Å². The Morgan fingerprint density at radius 3 is 2.53 bits per heavy atom. The molecule has 3 aromatic rings. The molecular formula is C19H14F6N4O. The molecule has 0 aliphatic carbocycles. The molecule has 1 fully saturated rings. The Morgan fingerprint density at radius 1 is 1.13 bits per heavy atom. The zero-order valence-corrected chi connectivity index (χ0v) is 15.2. The molecule has 11 heteroatoms. The maximum Gasteiger partial charge on any atom is 0.395 e. The summed E-state index contributed by atoms with van der Waals surface area (Å²) in [6.45, 7) is -1.07. The lowest BCUT2D eigenvalue weighted by Gasteiger charge is -2.40. The molecule has 0 unspecified atom stereocenters. The van der Waals surface area contributed by atoms with Crippen molar-refractivity contribution in [2.24, 2.45) is 5.92 Å². The van der Waals surface area contributed by atoms with E-state index in [1.54, 1.807) is 6.07 Å². The van der Waals surface area contributed by atoms with Gasteiger partial charge in [0.15, 0.2) is 0 Å². The molecule has 0 spiro atoms. The summed E-state index contributed by atoms with van der Waals surface area (Å²) in [5.74, 6) is -3.07. The van der Waals surface area contributed by atoms with Crippen LogP contribution in [0.5, 0.6) is 0 Å². The van der Waals surface area contributed by atoms with Gasteiger partial charge in [-0.15, -0.1) is 0 Å². The van der Waals surface area contributed by atoms with E-state index in [1.807, 2.05) is 0 Å². The molecule has 158 valence electrons. The van der Waals surface area contributed by atoms with Crippen LogP contribution in [0, 0.1) is 11.7 Å². The minimum atomic E-state index is -4.33. The number of rotatable bonds is 4. The van der Waals surface area contributed by atoms with Gasteiger partial charge in [-0.25, -0.2) is 13.2 Å². The van der Waals surface area contributed by atoms with Crippen molar-refractivity contribution in [3.63, 3.8) is 0 Å². The molecule has 1 amide bonds. The highest BCUT2D eigenvalue weighted by molar-refractivity contribution is 5.83. The van der Waals surface area contributed by atoms with Crippen molar-refractivity contribution in [2.45, 2.75) is 19.1 Å². The molecule has 1 aliphatic heterocycles. The molecule has 0 radical (unpaired) electrons. The number of hydrogen-bond donors (Lipinski definition) is 0. The molecule has 0 bridgehead atoms. The highest BCUT2D eigenvalue weighted by Gasteiger charge is 2.48. The Balaban J connectivity index is 1.57. The molecule has 4 rings (SSSR count). The zero-order valence-electron chi connectivity index (χ0n) is 15.2. The van der Waals surface area contributed by atoms with Crippen LogP contribution in [0.3, 0.4) is 0 Å². The van der Waals surface area contributed by atoms with Gasteiger partial charge >= 0.3 is 6.18 Å². The SMILES string of the molecule is O=C(Cn1ncc2ncc(-c3ccc(F)c(C(F)F)c3)cc21)N1CC(C(F)(F)F)C1. The average molecular weight is 428 g/mol. The predicted octanol–water partition coefficient (Wildman–Crippen LogP) is 4.20. The topological polar surface area (TPSA) is 51.0 Å². The Hall–Kier alpha value is -3.11. The van der Waals surface area contributed by atoms with Crippen LogP contribution in [0.4, 0.5) is 26.3 Å². The molecule has 30 heavy (non-hydrogen) atoms. The molecular weight excluding hydrogens is 414 g/mol. The molecule has 0 saturated carbocycles. The number of fused-ring (bicyclic) bond motifs is 1. The Morgan fingerprint density at radius 2 is 1.87 bits per heavy atom. The first kappa shape index (κ1) is 20.2. The third kappa shape index (κ3) is 3.71. The first-order valence-corrected chi connectivity index (χ1v) is 8.87. The van der Waals surface area contributed by atoms with Crippen LogP contribution < -0.4 is 0 Å². The molecule has 1 aromatic carbocycles. The number of carbonyl (C=O) groups excluding carboxylic acids is 1. The lowest BCUT2D eigenvalue weighted by molar-refractivity contribution is -0.209. The Kier molecular flexibility index (Phi) is 4.91. The van der Waals surface area contributed by atoms with Gasteiger partial charge in [0.2, 0.25) is 5.91 Å². The summed E-state index contributed by atoms with van der Waals surface area (Å²) in [7, 11) is 0. The highest BCUT2D eigenvalue weighted by atomic mass is 19.4. The summed E-state index contributed by atoms with van der Waals surface area (Å²) in [6.07, 6.45) is -4.53. The number of halogens is 6. The minimum Gasteiger partial charge on any atom is -0.340 e. The van der Waals surface area contributed by atoms with E-state index in [0.717, 1.165) is 17.0 Å². The van der Waals surface area contributed by atoms with Gasteiger partial charge in [-0.05, 0) is 23.8 Å². The number of likely N-dealkylation sites (tertiary alicyclic amines) is 1. The van der Waals surface area contributed by atoms with Crippen LogP contribution in [0.1, 0.15) is 12.0 Å². The number of hydrogen-bond acceptors (Lipinski definition) is 3. The van der Waals surface area contributed by atoms with Crippen LogP contribution in [0.15, 0.2) is 36.7 Å². The van der Waals surface area contributed by atoms with Gasteiger partial charge in [0.1, 0.15) is 17.9 Å². The number of alkyl halides is 5. The van der Waals surface area contributed by atoms with E-state index in [9.17, 15) is 31.1 Å². The maximum absolute atomic E-state index is 13.5. The van der Waals surface area contributed by atoms with Gasteiger partial charge in [-0.2, -0.15) is 18.3 Å². The minimum absolute atomic E-state index is 0.287. The molecule has 3 heterocycles. The average Bonchev–Trinajstić information content (AvgIpc) is 3.01. The van der Waals surface area contributed by atoms with Crippen molar-refractivity contribution in [1.29, 1.82) is 0 Å². The molecule has 0 N–H and O–H groups in total. The van der Waals surface area contributed by atoms with Crippen molar-refractivity contribution in [2.75, 3.05) is 13.1 Å². The lowest BCUT2D eigenvalue weighted by atomic mass is 10.00. The summed E-state index contributed by atoms with van der Waals surface area (Å²) < 4.78 is 78.6. The van der Waals surface area contributed by atoms with E-state index in [2.05, 4.69) is 10.1 Å². The number of benzene rings is 1. The second-order valence-electron chi connectivity index (χ2n) is 7.00. The maximum atomic E-state index is 13.5. The van der Waals surface area contributed by atoms with Crippen LogP contribution in [0.25, 0.3) is 22.2 Å². The van der Waals surface area contributed by atoms with Crippen LogP contribution >= 0.6 is 0 Å². The van der Waals surface area contributed by atoms with Crippen LogP contribution in [-0.2, 0) is 11.3 Å². The van der Waals surface area contributed by atoms with E-state index in [4.69, 9.17) is 0 Å². The Labute approximate surface area is 165 Å². The molecule has 5 nitrogen and oxygen atoms in total. The molecule has 0 atom stereocenters. The lowest BCUT2D eigenvalue weighted by Crippen LogP contribution is -2.56. The second kappa shape index (κ2) is 7.29. The standard InChI is InChI=1S/C19H14F6N4O/c20-14-2-1-10(3-13(14)18(21)22)11-4-16-15(26-5-11)6-27-29(16)9-17(30)28-7-12(8-28)19(23,24)25/h1-6,12,18H,7-9H2. The fraction of sp³-hybridized carbons (Fsp3) is 0.316. The summed E-state index contributed by atoms with van der Waals surface area (Å²) in [5, 5.41) is 4.04. The number of nitrogens with zero attached hydrogens (tertiary/aromatic N) is 4. The van der Waals surface area contributed by atoms with Crippen molar-refractivity contribution >= 4 is 16.9 Å². The van der Waals surface area contributed by atoms with Crippen molar-refractivity contribution in [3.05, 3.63) is 48.0 Å². The Bertz CT molecular complexity index is 1100. The van der Waals surface area contributed by atoms with E-state index < -0.39 is 48.9 Å². The van der Waals surface area contributed by atoms with Crippen molar-refractivity contribution in [1.82, 2.24) is 19.7 Å². The summed E-state index contributed by atoms with van der Waals surface area (Å²) >= 11 is 0. The first-order chi connectivity index (χ1) is 14.1. The number of pyridine rings is 1. The van der Waals surface area contributed by atoms with Gasteiger partial charge in [0.05, 0.1) is 23.2 Å². The molecule has 1 aliphatic rings. The molecule has 2 aromatic heterocycles. The fourth-order valence-electron chi connectivity index (χ4n) is 3.25. The number of carbonyl (C=O) groups is 1. The van der Waals surface area contributed by atoms with Gasteiger partial charge in [-0.1, -0.05) is 6.07 Å². The smallest absolute Gasteiger partial charge is 0.340 e. The van der Waals surface area contributed by atoms with Crippen molar-refractivity contribution in [3.8, 4) is 11.1 Å². The summed E-state index contributed by atoms with van der Waals surface area (Å²) in [4.78, 5) is 17.5. The monoisotopic (exact) mass is 428 g/mol. The normalized spacial score (nSPS) is 15.1. The van der Waals surface area contributed by atoms with Crippen LogP contribution in [-0.4, -0.2) is 44.8 Å². The van der Waals surface area contributed by atoms with E-state index in [-0.39, 0.29) is 6.54 Å². The number of amides is 1. The van der Waals surface area contributed by atoms with Crippen LogP contribution in [0.2, 0.25) is 0 Å². The van der Waals surface area contributed by atoms with Gasteiger partial charge in [0.25, 0.3) is 6.43 Å². The third-order valence-electron chi connectivity index (χ3n) is 5.04. The summed E-state index contributed by atoms with van der Waals surface area (Å²) in [6, 6.07) is 4.84. The van der Waals surface area contributed by atoms with Gasteiger partial charge in [-0.3, -0.25) is 14.5 Å². The van der Waals surface area contributed by atoms with Crippen molar-refractivity contribution < 1.29 is 31.1 Å². The highest BCUT2D eigenvalue weighted by Crippen LogP contribution is 2.34. The van der Waals surface area contributed by atoms with E-state index in [0.29, 0.717) is 22.2 Å². The second-order valence-corrected chi connectivity index (χ2v) is 7.00. The first-order valence-electron chi connectivity index (χ1n) is 8.87. The quantitative estimate of drug-likeness (QED) is 0.586. The zero-order chi connectivity index (χ0) is 21.6. The third-order valence-corrected chi connectivity index (χ3v) is 5.04. The van der Waals surface area contributed by atoms with E-state index >= 15 is 0 Å². The predicted molar refractivity (Wildman–Crippen MR) is 94.0 cm³/mol. The number of aromatic nitrogens is 3. The molecule has 1 saturated heterocycles. The summed E-state index contributed by atoms with van der Waals surface area (Å²) in [5.41, 5.74) is 0.778. The fourth-order valence-corrected chi connectivity index (χ4v) is 3.25. The van der Waals surface area contributed by atoms with Gasteiger partial charge < -0.3 is 4.90 Å². The largest absolute Gasteiger partial charge is 0.395 e. The van der Waals surface area contributed by atoms with Gasteiger partial charge in [0, 0.05) is 24.8 Å².